The molecule has 1 heterocycles. The third-order valence-electron chi connectivity index (χ3n) is 5.90. The Hall–Kier alpha value is -1.84. The van der Waals surface area contributed by atoms with Crippen molar-refractivity contribution in [1.82, 2.24) is 4.90 Å². The molecule has 132 valence electrons. The molecule has 0 amide bonds. The first-order valence-electron chi connectivity index (χ1n) is 9.41. The molecule has 0 bridgehead atoms. The molecule has 25 heavy (non-hydrogen) atoms. The van der Waals surface area contributed by atoms with Gasteiger partial charge in [0.25, 0.3) is 0 Å². The number of hydrogen-bond donors (Lipinski definition) is 1. The van der Waals surface area contributed by atoms with Gasteiger partial charge in [0, 0.05) is 31.9 Å². The molecule has 0 saturated carbocycles. The topological polar surface area (TPSA) is 24.5 Å². The summed E-state index contributed by atoms with van der Waals surface area (Å²) in [5.74, 6) is 0. The second-order valence-electron chi connectivity index (χ2n) is 7.57. The zero-order chi connectivity index (χ0) is 17.1. The Morgan fingerprint density at radius 3 is 2.16 bits per heavy atom. The Morgan fingerprint density at radius 2 is 1.56 bits per heavy atom. The van der Waals surface area contributed by atoms with Gasteiger partial charge in [0.15, 0.2) is 0 Å². The minimum Gasteiger partial charge on any atom is -0.382 e. The number of nitrogens with zero attached hydrogens (tertiary/aromatic N) is 1. The Balaban J connectivity index is 1.41. The van der Waals surface area contributed by atoms with E-state index >= 15 is 0 Å². The van der Waals surface area contributed by atoms with Gasteiger partial charge in [0.05, 0.1) is 12.1 Å². The van der Waals surface area contributed by atoms with Crippen LogP contribution in [0.4, 0.5) is 5.69 Å². The average Bonchev–Trinajstić information content (AvgIpc) is 3.07. The second-order valence-corrected chi connectivity index (χ2v) is 7.57. The van der Waals surface area contributed by atoms with Gasteiger partial charge in [0.2, 0.25) is 0 Å². The normalized spacial score (nSPS) is 20.4. The van der Waals surface area contributed by atoms with Gasteiger partial charge < -0.3 is 10.1 Å². The number of hydrogen-bond acceptors (Lipinski definition) is 3. The third-order valence-corrected chi connectivity index (χ3v) is 5.90. The van der Waals surface area contributed by atoms with Crippen molar-refractivity contribution in [3.63, 3.8) is 0 Å². The fraction of sp³-hybridized carbons (Fsp3) is 0.455. The summed E-state index contributed by atoms with van der Waals surface area (Å²) in [7, 11) is 1.81. The SMILES string of the molecule is COCC1(Nc2ccccc2)CCN(C2Cc3ccccc3C2)CC1. The lowest BCUT2D eigenvalue weighted by Gasteiger charge is -2.44. The Kier molecular flexibility index (Phi) is 4.78. The smallest absolute Gasteiger partial charge is 0.0693 e. The highest BCUT2D eigenvalue weighted by molar-refractivity contribution is 5.45. The maximum absolute atomic E-state index is 5.59. The molecule has 1 N–H and O–H groups in total. The molecule has 2 aromatic rings. The van der Waals surface area contributed by atoms with Gasteiger partial charge in [-0.25, -0.2) is 0 Å². The summed E-state index contributed by atoms with van der Waals surface area (Å²) < 4.78 is 5.59. The van der Waals surface area contributed by atoms with E-state index in [-0.39, 0.29) is 5.54 Å². The Labute approximate surface area is 151 Å². The van der Waals surface area contributed by atoms with Crippen LogP contribution in [0.3, 0.4) is 0 Å². The van der Waals surface area contributed by atoms with Crippen LogP contribution in [0.5, 0.6) is 0 Å². The minimum absolute atomic E-state index is 0.0536. The van der Waals surface area contributed by atoms with Crippen molar-refractivity contribution < 1.29 is 4.74 Å². The summed E-state index contributed by atoms with van der Waals surface area (Å²) in [6.07, 6.45) is 4.67. The fourth-order valence-corrected chi connectivity index (χ4v) is 4.52. The van der Waals surface area contributed by atoms with Crippen molar-refractivity contribution >= 4 is 5.69 Å². The molecule has 0 spiro atoms. The van der Waals surface area contributed by atoms with Crippen molar-refractivity contribution in [1.29, 1.82) is 0 Å². The van der Waals surface area contributed by atoms with E-state index in [1.165, 1.54) is 18.5 Å². The summed E-state index contributed by atoms with van der Waals surface area (Å²) in [6.45, 7) is 3.05. The zero-order valence-corrected chi connectivity index (χ0v) is 15.1. The van der Waals surface area contributed by atoms with Crippen molar-refractivity contribution in [2.75, 3.05) is 32.1 Å². The third kappa shape index (κ3) is 3.58. The molecule has 1 saturated heterocycles. The van der Waals surface area contributed by atoms with Gasteiger partial charge in [0.1, 0.15) is 0 Å². The lowest BCUT2D eigenvalue weighted by atomic mass is 9.87. The summed E-state index contributed by atoms with van der Waals surface area (Å²) in [6, 6.07) is 20.2. The first kappa shape index (κ1) is 16.6. The van der Waals surface area contributed by atoms with Crippen LogP contribution in [0.2, 0.25) is 0 Å². The quantitative estimate of drug-likeness (QED) is 0.900. The van der Waals surface area contributed by atoms with Crippen molar-refractivity contribution in [3.05, 3.63) is 65.7 Å². The highest BCUT2D eigenvalue weighted by Crippen LogP contribution is 2.32. The highest BCUT2D eigenvalue weighted by atomic mass is 16.5. The number of benzene rings is 2. The predicted molar refractivity (Wildman–Crippen MR) is 103 cm³/mol. The van der Waals surface area contributed by atoms with E-state index in [0.717, 1.165) is 32.5 Å². The van der Waals surface area contributed by atoms with Crippen LogP contribution in [0.15, 0.2) is 54.6 Å². The molecular weight excluding hydrogens is 308 g/mol. The molecular formula is C22H28N2O. The van der Waals surface area contributed by atoms with Gasteiger partial charge >= 0.3 is 0 Å². The molecule has 0 aromatic heterocycles. The summed E-state index contributed by atoms with van der Waals surface area (Å²) >= 11 is 0. The Bertz CT molecular complexity index is 667. The van der Waals surface area contributed by atoms with Crippen LogP contribution in [0, 0.1) is 0 Å². The van der Waals surface area contributed by atoms with E-state index in [9.17, 15) is 0 Å². The van der Waals surface area contributed by atoms with E-state index < -0.39 is 0 Å². The summed E-state index contributed by atoms with van der Waals surface area (Å²) in [5, 5.41) is 3.77. The largest absolute Gasteiger partial charge is 0.382 e. The van der Waals surface area contributed by atoms with Crippen LogP contribution in [0.1, 0.15) is 24.0 Å². The molecule has 0 atom stereocenters. The van der Waals surface area contributed by atoms with Crippen LogP contribution < -0.4 is 5.32 Å². The monoisotopic (exact) mass is 336 g/mol. The van der Waals surface area contributed by atoms with Crippen molar-refractivity contribution in [2.24, 2.45) is 0 Å². The van der Waals surface area contributed by atoms with Gasteiger partial charge in [-0.2, -0.15) is 0 Å². The lowest BCUT2D eigenvalue weighted by molar-refractivity contribution is 0.0721. The maximum Gasteiger partial charge on any atom is 0.0693 e. The second kappa shape index (κ2) is 7.19. The molecule has 1 fully saturated rings. The zero-order valence-electron chi connectivity index (χ0n) is 15.1. The molecule has 0 radical (unpaired) electrons. The Morgan fingerprint density at radius 1 is 0.960 bits per heavy atom. The number of para-hydroxylation sites is 1. The van der Waals surface area contributed by atoms with Crippen LogP contribution in [-0.2, 0) is 17.6 Å². The number of nitrogens with one attached hydrogen (secondary N) is 1. The molecule has 0 unspecified atom stereocenters. The number of ether oxygens (including phenoxy) is 1. The van der Waals surface area contributed by atoms with Crippen molar-refractivity contribution in [2.45, 2.75) is 37.3 Å². The lowest BCUT2D eigenvalue weighted by Crippen LogP contribution is -2.54. The molecule has 1 aliphatic heterocycles. The first-order valence-corrected chi connectivity index (χ1v) is 9.41. The highest BCUT2D eigenvalue weighted by Gasteiger charge is 2.37. The van der Waals surface area contributed by atoms with Gasteiger partial charge in [-0.1, -0.05) is 42.5 Å². The van der Waals surface area contributed by atoms with Crippen LogP contribution >= 0.6 is 0 Å². The summed E-state index contributed by atoms with van der Waals surface area (Å²) in [4.78, 5) is 2.70. The first-order chi connectivity index (χ1) is 12.3. The average molecular weight is 336 g/mol. The molecule has 2 aliphatic rings. The number of anilines is 1. The van der Waals surface area contributed by atoms with E-state index in [1.54, 1.807) is 11.1 Å². The number of piperidine rings is 1. The standard InChI is InChI=1S/C22H28N2O/c1-25-17-22(23-20-9-3-2-4-10-20)11-13-24(14-12-22)21-15-18-7-5-6-8-19(18)16-21/h2-10,21,23H,11-17H2,1H3. The fourth-order valence-electron chi connectivity index (χ4n) is 4.52. The maximum atomic E-state index is 5.59. The molecule has 4 rings (SSSR count). The molecule has 3 heteroatoms. The summed E-state index contributed by atoms with van der Waals surface area (Å²) in [5.41, 5.74) is 4.34. The molecule has 2 aromatic carbocycles. The van der Waals surface area contributed by atoms with E-state index in [1.807, 2.05) is 7.11 Å². The van der Waals surface area contributed by atoms with Crippen molar-refractivity contribution in [3.8, 4) is 0 Å². The van der Waals surface area contributed by atoms with Gasteiger partial charge in [-0.3, -0.25) is 4.90 Å². The number of rotatable bonds is 5. The number of methoxy groups -OCH3 is 1. The number of fused-ring (bicyclic) bond motifs is 1. The molecule has 1 aliphatic carbocycles. The van der Waals surface area contributed by atoms with Gasteiger partial charge in [-0.15, -0.1) is 0 Å². The molecule has 3 nitrogen and oxygen atoms in total. The predicted octanol–water partition coefficient (Wildman–Crippen LogP) is 3.75. The number of likely N-dealkylation sites (tertiary alicyclic amines) is 1. The van der Waals surface area contributed by atoms with Crippen LogP contribution in [-0.4, -0.2) is 43.3 Å². The van der Waals surface area contributed by atoms with Crippen LogP contribution in [0.25, 0.3) is 0 Å². The van der Waals surface area contributed by atoms with E-state index in [0.29, 0.717) is 6.04 Å². The van der Waals surface area contributed by atoms with E-state index in [4.69, 9.17) is 4.74 Å². The van der Waals surface area contributed by atoms with E-state index in [2.05, 4.69) is 64.8 Å². The minimum atomic E-state index is 0.0536. The van der Waals surface area contributed by atoms with Gasteiger partial charge in [-0.05, 0) is 48.9 Å².